The molecule has 190 valence electrons. The summed E-state index contributed by atoms with van der Waals surface area (Å²) in [5, 5.41) is 20.4. The highest BCUT2D eigenvalue weighted by molar-refractivity contribution is 6.08. The lowest BCUT2D eigenvalue weighted by Gasteiger charge is -2.24. The van der Waals surface area contributed by atoms with Crippen LogP contribution < -0.4 is 4.90 Å². The number of aromatic hydroxyl groups is 2. The molecular formula is C28H19F3N4O3. The normalized spacial score (nSPS) is 11.4. The molecule has 0 bridgehead atoms. The number of carbonyl (C=O) groups excluding carboxylic acids is 1. The number of fused-ring (bicyclic) bond motifs is 1. The Balaban J connectivity index is 1.57. The number of para-hydroxylation sites is 1. The van der Waals surface area contributed by atoms with Gasteiger partial charge in [-0.3, -0.25) is 9.78 Å². The SMILES string of the molecule is O=C(c1ccc(O)cc1O)N(Cc1cccnc1)c1ccc(-c2nc(C(F)(F)F)nc3ccccc23)cc1. The largest absolute Gasteiger partial charge is 0.508 e. The van der Waals surface area contributed by atoms with E-state index in [1.54, 1.807) is 67.0 Å². The number of alkyl halides is 3. The minimum Gasteiger partial charge on any atom is -0.508 e. The minimum absolute atomic E-state index is 0.0348. The molecule has 0 aliphatic heterocycles. The first kappa shape index (κ1) is 24.7. The zero-order chi connectivity index (χ0) is 26.9. The van der Waals surface area contributed by atoms with Crippen molar-refractivity contribution in [3.63, 3.8) is 0 Å². The van der Waals surface area contributed by atoms with Crippen LogP contribution in [0.25, 0.3) is 22.2 Å². The number of carbonyl (C=O) groups is 1. The predicted molar refractivity (Wildman–Crippen MR) is 134 cm³/mol. The summed E-state index contributed by atoms with van der Waals surface area (Å²) in [6.07, 6.45) is -1.54. The van der Waals surface area contributed by atoms with Gasteiger partial charge in [-0.15, -0.1) is 0 Å². The van der Waals surface area contributed by atoms with Crippen LogP contribution in [0.5, 0.6) is 11.5 Å². The van der Waals surface area contributed by atoms with Crippen molar-refractivity contribution in [2.24, 2.45) is 0 Å². The first-order chi connectivity index (χ1) is 18.2. The Bertz CT molecular complexity index is 1630. The minimum atomic E-state index is -4.72. The van der Waals surface area contributed by atoms with Gasteiger partial charge in [0, 0.05) is 35.1 Å². The first-order valence-corrected chi connectivity index (χ1v) is 11.4. The number of amides is 1. The van der Waals surface area contributed by atoms with Gasteiger partial charge in [0.2, 0.25) is 5.82 Å². The van der Waals surface area contributed by atoms with Crippen molar-refractivity contribution in [2.45, 2.75) is 12.7 Å². The molecule has 2 N–H and O–H groups in total. The maximum atomic E-state index is 13.5. The van der Waals surface area contributed by atoms with Crippen molar-refractivity contribution in [1.82, 2.24) is 15.0 Å². The molecule has 38 heavy (non-hydrogen) atoms. The molecule has 2 heterocycles. The highest BCUT2D eigenvalue weighted by Gasteiger charge is 2.35. The fourth-order valence-electron chi connectivity index (χ4n) is 4.02. The van der Waals surface area contributed by atoms with Gasteiger partial charge >= 0.3 is 6.18 Å². The van der Waals surface area contributed by atoms with Crippen LogP contribution in [0.3, 0.4) is 0 Å². The van der Waals surface area contributed by atoms with Gasteiger partial charge in [-0.25, -0.2) is 9.97 Å². The van der Waals surface area contributed by atoms with Crippen LogP contribution in [0, 0.1) is 0 Å². The maximum absolute atomic E-state index is 13.5. The quantitative estimate of drug-likeness (QED) is 0.299. The van der Waals surface area contributed by atoms with Crippen LogP contribution in [-0.2, 0) is 12.7 Å². The van der Waals surface area contributed by atoms with E-state index in [0.29, 0.717) is 22.2 Å². The molecule has 0 unspecified atom stereocenters. The van der Waals surface area contributed by atoms with Crippen LogP contribution in [0.15, 0.2) is 91.3 Å². The number of hydrogen-bond donors (Lipinski definition) is 2. The Morgan fingerprint density at radius 2 is 1.66 bits per heavy atom. The zero-order valence-corrected chi connectivity index (χ0v) is 19.6. The van der Waals surface area contributed by atoms with Crippen molar-refractivity contribution in [2.75, 3.05) is 4.90 Å². The van der Waals surface area contributed by atoms with E-state index in [1.165, 1.54) is 23.1 Å². The molecule has 10 heteroatoms. The number of phenols is 2. The Morgan fingerprint density at radius 1 is 0.895 bits per heavy atom. The van der Waals surface area contributed by atoms with Crippen molar-refractivity contribution in [3.8, 4) is 22.8 Å². The summed E-state index contributed by atoms with van der Waals surface area (Å²) < 4.78 is 40.5. The Hall–Kier alpha value is -4.99. The van der Waals surface area contributed by atoms with Crippen LogP contribution >= 0.6 is 0 Å². The second-order valence-electron chi connectivity index (χ2n) is 8.41. The van der Waals surface area contributed by atoms with E-state index < -0.39 is 23.7 Å². The number of pyridine rings is 1. The van der Waals surface area contributed by atoms with Gasteiger partial charge in [0.1, 0.15) is 11.5 Å². The predicted octanol–water partition coefficient (Wildman–Crippen LogP) is 5.97. The molecule has 7 nitrogen and oxygen atoms in total. The fourth-order valence-corrected chi connectivity index (χ4v) is 4.02. The summed E-state index contributed by atoms with van der Waals surface area (Å²) in [6, 6.07) is 19.9. The molecule has 0 fully saturated rings. The smallest absolute Gasteiger partial charge is 0.451 e. The number of nitrogens with zero attached hydrogens (tertiary/aromatic N) is 4. The fraction of sp³-hybridized carbons (Fsp3) is 0.0714. The molecule has 0 saturated carbocycles. The highest BCUT2D eigenvalue weighted by atomic mass is 19.4. The molecular weight excluding hydrogens is 497 g/mol. The molecule has 0 aliphatic rings. The van der Waals surface area contributed by atoms with Gasteiger partial charge in [0.15, 0.2) is 0 Å². The molecule has 5 aromatic rings. The second-order valence-corrected chi connectivity index (χ2v) is 8.41. The van der Waals surface area contributed by atoms with Gasteiger partial charge in [0.25, 0.3) is 5.91 Å². The van der Waals surface area contributed by atoms with Crippen molar-refractivity contribution in [1.29, 1.82) is 0 Å². The summed E-state index contributed by atoms with van der Waals surface area (Å²) in [5.41, 5.74) is 1.76. The number of benzene rings is 3. The summed E-state index contributed by atoms with van der Waals surface area (Å²) in [4.78, 5) is 26.4. The highest BCUT2D eigenvalue weighted by Crippen LogP contribution is 2.34. The number of aromatic nitrogens is 3. The molecule has 5 rings (SSSR count). The van der Waals surface area contributed by atoms with E-state index >= 15 is 0 Å². The van der Waals surface area contributed by atoms with Crippen LogP contribution in [0.1, 0.15) is 21.7 Å². The summed E-state index contributed by atoms with van der Waals surface area (Å²) >= 11 is 0. The van der Waals surface area contributed by atoms with Crippen molar-refractivity contribution in [3.05, 3.63) is 108 Å². The lowest BCUT2D eigenvalue weighted by molar-refractivity contribution is -0.144. The number of halogens is 3. The van der Waals surface area contributed by atoms with Gasteiger partial charge in [-0.05, 0) is 42.0 Å². The molecule has 0 aliphatic carbocycles. The van der Waals surface area contributed by atoms with Crippen molar-refractivity contribution < 1.29 is 28.2 Å². The van der Waals surface area contributed by atoms with Crippen LogP contribution in [0.2, 0.25) is 0 Å². The Morgan fingerprint density at radius 3 is 2.34 bits per heavy atom. The number of hydrogen-bond acceptors (Lipinski definition) is 6. The molecule has 2 aromatic heterocycles. The molecule has 1 amide bonds. The number of anilines is 1. The lowest BCUT2D eigenvalue weighted by Crippen LogP contribution is -2.30. The summed E-state index contributed by atoms with van der Waals surface area (Å²) in [6.45, 7) is 0.0982. The Kier molecular flexibility index (Phi) is 6.38. The van der Waals surface area contributed by atoms with Gasteiger partial charge < -0.3 is 15.1 Å². The van der Waals surface area contributed by atoms with E-state index in [9.17, 15) is 28.2 Å². The maximum Gasteiger partial charge on any atom is 0.451 e. The molecule has 0 radical (unpaired) electrons. The molecule has 0 spiro atoms. The van der Waals surface area contributed by atoms with Crippen molar-refractivity contribution >= 4 is 22.5 Å². The van der Waals surface area contributed by atoms with Crippen LogP contribution in [-0.4, -0.2) is 31.1 Å². The first-order valence-electron chi connectivity index (χ1n) is 11.4. The van der Waals surface area contributed by atoms with E-state index in [2.05, 4.69) is 15.0 Å². The van der Waals surface area contributed by atoms with Crippen LogP contribution in [0.4, 0.5) is 18.9 Å². The third-order valence-corrected chi connectivity index (χ3v) is 5.83. The summed E-state index contributed by atoms with van der Waals surface area (Å²) in [5.74, 6) is -2.38. The topological polar surface area (TPSA) is 99.4 Å². The van der Waals surface area contributed by atoms with E-state index in [-0.39, 0.29) is 29.1 Å². The number of rotatable bonds is 5. The number of phenolic OH excluding ortho intramolecular Hbond substituents is 2. The molecule has 3 aromatic carbocycles. The second kappa shape index (κ2) is 9.81. The average molecular weight is 516 g/mol. The lowest BCUT2D eigenvalue weighted by atomic mass is 10.0. The average Bonchev–Trinajstić information content (AvgIpc) is 2.91. The van der Waals surface area contributed by atoms with E-state index in [4.69, 9.17) is 0 Å². The molecule has 0 atom stereocenters. The standard InChI is InChI=1S/C28H19F3N4O3/c29-28(30,31)27-33-23-6-2-1-5-21(23)25(34-27)18-7-9-19(10-8-18)35(16-17-4-3-13-32-15-17)26(38)22-12-11-20(36)14-24(22)37/h1-15,36-37H,16H2. The third kappa shape index (κ3) is 4.96. The zero-order valence-electron chi connectivity index (χ0n) is 19.6. The van der Waals surface area contributed by atoms with E-state index in [0.717, 1.165) is 6.07 Å². The Labute approximate surface area is 214 Å². The summed E-state index contributed by atoms with van der Waals surface area (Å²) in [7, 11) is 0. The third-order valence-electron chi connectivity index (χ3n) is 5.83. The van der Waals surface area contributed by atoms with Gasteiger partial charge in [0.05, 0.1) is 23.3 Å². The molecule has 0 saturated heterocycles. The van der Waals surface area contributed by atoms with Gasteiger partial charge in [-0.2, -0.15) is 13.2 Å². The monoisotopic (exact) mass is 516 g/mol. The van der Waals surface area contributed by atoms with E-state index in [1.807, 2.05) is 0 Å². The van der Waals surface area contributed by atoms with Gasteiger partial charge in [-0.1, -0.05) is 36.4 Å².